The lowest BCUT2D eigenvalue weighted by atomic mass is 9.71. The standard InChI is InChI=1S/C20H34O2/c1-19(2)10-6-15(7-11-19)17(21)14-18(22-5)16-8-12-20(3,4)13-9-16/h14-16H,6-13H2,1-5H3/b18-14-. The van der Waals surface area contributed by atoms with Crippen LogP contribution in [0.2, 0.25) is 0 Å². The van der Waals surface area contributed by atoms with E-state index in [2.05, 4.69) is 27.7 Å². The normalized spacial score (nSPS) is 26.7. The Morgan fingerprint density at radius 1 is 0.864 bits per heavy atom. The maximum absolute atomic E-state index is 12.6. The topological polar surface area (TPSA) is 26.3 Å². The van der Waals surface area contributed by atoms with Gasteiger partial charge < -0.3 is 4.74 Å². The predicted molar refractivity (Wildman–Crippen MR) is 91.6 cm³/mol. The molecule has 0 unspecified atom stereocenters. The van der Waals surface area contributed by atoms with E-state index in [0.717, 1.165) is 44.3 Å². The van der Waals surface area contributed by atoms with E-state index in [9.17, 15) is 4.79 Å². The van der Waals surface area contributed by atoms with Crippen molar-refractivity contribution in [3.8, 4) is 0 Å². The highest BCUT2D eigenvalue weighted by Crippen LogP contribution is 2.42. The van der Waals surface area contributed by atoms with E-state index in [1.54, 1.807) is 7.11 Å². The Kier molecular flexibility index (Phi) is 5.40. The molecule has 0 N–H and O–H groups in total. The van der Waals surface area contributed by atoms with E-state index in [-0.39, 0.29) is 5.92 Å². The van der Waals surface area contributed by atoms with Gasteiger partial charge >= 0.3 is 0 Å². The summed E-state index contributed by atoms with van der Waals surface area (Å²) in [7, 11) is 1.73. The zero-order chi connectivity index (χ0) is 16.4. The van der Waals surface area contributed by atoms with Crippen LogP contribution >= 0.6 is 0 Å². The zero-order valence-corrected chi connectivity index (χ0v) is 15.2. The Labute approximate surface area is 136 Å². The molecule has 0 aromatic carbocycles. The van der Waals surface area contributed by atoms with E-state index in [1.807, 2.05) is 6.08 Å². The lowest BCUT2D eigenvalue weighted by molar-refractivity contribution is -0.119. The summed E-state index contributed by atoms with van der Waals surface area (Å²) in [5.74, 6) is 1.91. The Bertz CT molecular complexity index is 411. The molecule has 0 amide bonds. The second-order valence-corrected chi connectivity index (χ2v) is 9.03. The van der Waals surface area contributed by atoms with Crippen molar-refractivity contribution in [1.29, 1.82) is 0 Å². The van der Waals surface area contributed by atoms with Crippen LogP contribution in [0.25, 0.3) is 0 Å². The Balaban J connectivity index is 1.95. The fourth-order valence-corrected chi connectivity index (χ4v) is 3.97. The van der Waals surface area contributed by atoms with Crippen molar-refractivity contribution in [2.45, 2.75) is 79.1 Å². The minimum absolute atomic E-state index is 0.221. The summed E-state index contributed by atoms with van der Waals surface area (Å²) in [6.07, 6.45) is 11.0. The summed E-state index contributed by atoms with van der Waals surface area (Å²) < 4.78 is 5.60. The molecule has 0 radical (unpaired) electrons. The fraction of sp³-hybridized carbons (Fsp3) is 0.850. The van der Waals surface area contributed by atoms with Crippen molar-refractivity contribution >= 4 is 5.78 Å². The molecule has 0 aromatic rings. The van der Waals surface area contributed by atoms with E-state index in [4.69, 9.17) is 4.74 Å². The van der Waals surface area contributed by atoms with Crippen LogP contribution < -0.4 is 0 Å². The van der Waals surface area contributed by atoms with Crippen LogP contribution in [-0.4, -0.2) is 12.9 Å². The Hall–Kier alpha value is -0.790. The minimum Gasteiger partial charge on any atom is -0.501 e. The predicted octanol–water partition coefficient (Wildman–Crippen LogP) is 5.52. The van der Waals surface area contributed by atoms with E-state index < -0.39 is 0 Å². The van der Waals surface area contributed by atoms with Gasteiger partial charge in [0, 0.05) is 17.9 Å². The van der Waals surface area contributed by atoms with Gasteiger partial charge in [0.05, 0.1) is 7.11 Å². The number of hydrogen-bond acceptors (Lipinski definition) is 2. The number of rotatable bonds is 4. The quantitative estimate of drug-likeness (QED) is 0.505. The number of hydrogen-bond donors (Lipinski definition) is 0. The van der Waals surface area contributed by atoms with Gasteiger partial charge in [-0.3, -0.25) is 4.79 Å². The van der Waals surface area contributed by atoms with E-state index >= 15 is 0 Å². The second-order valence-electron chi connectivity index (χ2n) is 9.03. The summed E-state index contributed by atoms with van der Waals surface area (Å²) in [5.41, 5.74) is 0.869. The first-order valence-electron chi connectivity index (χ1n) is 9.02. The molecule has 2 aliphatic rings. The van der Waals surface area contributed by atoms with Crippen molar-refractivity contribution in [1.82, 2.24) is 0 Å². The lowest BCUT2D eigenvalue weighted by Gasteiger charge is -2.35. The summed E-state index contributed by atoms with van der Waals surface area (Å²) in [5, 5.41) is 0. The zero-order valence-electron chi connectivity index (χ0n) is 15.2. The molecule has 22 heavy (non-hydrogen) atoms. The molecule has 2 nitrogen and oxygen atoms in total. The molecule has 0 saturated heterocycles. The van der Waals surface area contributed by atoms with Gasteiger partial charge in [-0.15, -0.1) is 0 Å². The van der Waals surface area contributed by atoms with Crippen LogP contribution in [0.15, 0.2) is 11.8 Å². The van der Waals surface area contributed by atoms with Gasteiger partial charge in [0.2, 0.25) is 0 Å². The van der Waals surface area contributed by atoms with Gasteiger partial charge in [-0.2, -0.15) is 0 Å². The highest BCUT2D eigenvalue weighted by Gasteiger charge is 2.32. The van der Waals surface area contributed by atoms with Crippen molar-refractivity contribution < 1.29 is 9.53 Å². The fourth-order valence-electron chi connectivity index (χ4n) is 3.97. The van der Waals surface area contributed by atoms with Gasteiger partial charge in [0.15, 0.2) is 5.78 Å². The van der Waals surface area contributed by atoms with Crippen molar-refractivity contribution in [3.63, 3.8) is 0 Å². The summed E-state index contributed by atoms with van der Waals surface area (Å²) in [4.78, 5) is 12.6. The van der Waals surface area contributed by atoms with Crippen LogP contribution in [0.4, 0.5) is 0 Å². The molecule has 0 aromatic heterocycles. The number of methoxy groups -OCH3 is 1. The monoisotopic (exact) mass is 306 g/mol. The molecule has 0 spiro atoms. The average Bonchev–Trinajstić information content (AvgIpc) is 2.45. The third kappa shape index (κ3) is 4.60. The van der Waals surface area contributed by atoms with Gasteiger partial charge in [-0.1, -0.05) is 27.7 Å². The third-order valence-electron chi connectivity index (χ3n) is 6.00. The molecule has 0 aliphatic heterocycles. The van der Waals surface area contributed by atoms with Gasteiger partial charge in [-0.05, 0) is 62.2 Å². The highest BCUT2D eigenvalue weighted by molar-refractivity contribution is 5.92. The van der Waals surface area contributed by atoms with Crippen molar-refractivity contribution in [2.75, 3.05) is 7.11 Å². The smallest absolute Gasteiger partial charge is 0.162 e. The molecule has 0 atom stereocenters. The van der Waals surface area contributed by atoms with Gasteiger partial charge in [0.25, 0.3) is 0 Å². The molecule has 0 bridgehead atoms. The Morgan fingerprint density at radius 3 is 1.68 bits per heavy atom. The van der Waals surface area contributed by atoms with E-state index in [1.165, 1.54) is 12.8 Å². The van der Waals surface area contributed by atoms with Crippen LogP contribution in [0, 0.1) is 22.7 Å². The van der Waals surface area contributed by atoms with Crippen LogP contribution in [-0.2, 0) is 9.53 Å². The summed E-state index contributed by atoms with van der Waals surface area (Å²) in [6, 6.07) is 0. The maximum Gasteiger partial charge on any atom is 0.162 e. The first kappa shape index (κ1) is 17.6. The summed E-state index contributed by atoms with van der Waals surface area (Å²) in [6.45, 7) is 9.31. The van der Waals surface area contributed by atoms with E-state index in [0.29, 0.717) is 22.5 Å². The lowest BCUT2D eigenvalue weighted by Crippen LogP contribution is -2.26. The summed E-state index contributed by atoms with van der Waals surface area (Å²) >= 11 is 0. The Morgan fingerprint density at radius 2 is 1.27 bits per heavy atom. The molecular formula is C20H34O2. The molecular weight excluding hydrogens is 272 g/mol. The van der Waals surface area contributed by atoms with Gasteiger partial charge in [0.1, 0.15) is 5.76 Å². The average molecular weight is 306 g/mol. The first-order valence-corrected chi connectivity index (χ1v) is 9.02. The number of ketones is 1. The third-order valence-corrected chi connectivity index (χ3v) is 6.00. The molecule has 2 aliphatic carbocycles. The minimum atomic E-state index is 0.221. The van der Waals surface area contributed by atoms with Crippen LogP contribution in [0.3, 0.4) is 0 Å². The molecule has 2 rings (SSSR count). The molecule has 2 saturated carbocycles. The molecule has 2 heteroatoms. The SMILES string of the molecule is CO/C(=C\C(=O)C1CCC(C)(C)CC1)C1CCC(C)(C)CC1. The number of allylic oxidation sites excluding steroid dienone is 2. The maximum atomic E-state index is 12.6. The molecule has 2 fully saturated rings. The number of carbonyl (C=O) groups is 1. The second kappa shape index (κ2) is 6.76. The number of carbonyl (C=O) groups excluding carboxylic acids is 1. The number of ether oxygens (including phenoxy) is 1. The first-order chi connectivity index (χ1) is 10.2. The van der Waals surface area contributed by atoms with Crippen LogP contribution in [0.5, 0.6) is 0 Å². The molecule has 0 heterocycles. The highest BCUT2D eigenvalue weighted by atomic mass is 16.5. The largest absolute Gasteiger partial charge is 0.501 e. The molecule has 126 valence electrons. The van der Waals surface area contributed by atoms with Crippen molar-refractivity contribution in [2.24, 2.45) is 22.7 Å². The van der Waals surface area contributed by atoms with Gasteiger partial charge in [-0.25, -0.2) is 0 Å². The van der Waals surface area contributed by atoms with Crippen molar-refractivity contribution in [3.05, 3.63) is 11.8 Å². The van der Waals surface area contributed by atoms with Crippen LogP contribution in [0.1, 0.15) is 79.1 Å².